The van der Waals surface area contributed by atoms with Crippen LogP contribution in [0.15, 0.2) is 48.9 Å². The number of rotatable bonds is 7. The van der Waals surface area contributed by atoms with Crippen LogP contribution in [0.1, 0.15) is 30.9 Å². The lowest BCUT2D eigenvalue weighted by molar-refractivity contribution is 0.182. The number of likely N-dealkylation sites (tertiary alicyclic amines) is 1. The van der Waals surface area contributed by atoms with Gasteiger partial charge in [-0.05, 0) is 68.2 Å². The van der Waals surface area contributed by atoms with E-state index in [0.29, 0.717) is 22.7 Å². The van der Waals surface area contributed by atoms with Gasteiger partial charge in [-0.3, -0.25) is 4.98 Å². The third kappa shape index (κ3) is 4.70. The predicted octanol–water partition coefficient (Wildman–Crippen LogP) is 5.55. The number of hydrogen-bond donors (Lipinski definition) is 2. The Hall–Kier alpha value is -4.09. The molecule has 0 saturated carbocycles. The smallest absolute Gasteiger partial charge is 0.141 e. The van der Waals surface area contributed by atoms with Crippen molar-refractivity contribution < 1.29 is 4.39 Å². The summed E-state index contributed by atoms with van der Waals surface area (Å²) in [5.74, 6) is -0.00398. The van der Waals surface area contributed by atoms with Gasteiger partial charge >= 0.3 is 0 Å². The number of imidazole rings is 1. The fourth-order valence-electron chi connectivity index (χ4n) is 5.24. The number of anilines is 1. The molecule has 0 atom stereocenters. The van der Waals surface area contributed by atoms with Gasteiger partial charge in [0, 0.05) is 42.2 Å². The Morgan fingerprint density at radius 2 is 1.95 bits per heavy atom. The summed E-state index contributed by atoms with van der Waals surface area (Å²) in [4.78, 5) is 12.1. The van der Waals surface area contributed by atoms with Gasteiger partial charge < -0.3 is 20.2 Å². The summed E-state index contributed by atoms with van der Waals surface area (Å²) >= 11 is 0. The van der Waals surface area contributed by atoms with Crippen LogP contribution in [0, 0.1) is 28.5 Å². The third-order valence-electron chi connectivity index (χ3n) is 7.41. The minimum Gasteiger partial charge on any atom is -0.388 e. The van der Waals surface area contributed by atoms with E-state index in [1.54, 1.807) is 6.07 Å². The van der Waals surface area contributed by atoms with Crippen molar-refractivity contribution in [1.82, 2.24) is 19.4 Å². The number of aromatic nitrogens is 3. The monoisotopic (exact) mass is 495 g/mol. The standard InChI is InChI=1S/C29H30FN7/c1-3-36-10-8-19(9-11-36)17-37-18-35-29-26(37)16-34-28(21-6-7-25(33-2)23(12-21)15-32)27(29)20-4-5-22(14-31)24(30)13-20/h4-7,12-13,15-16,18-19,32-33H,3,8-11,17H2,1-2H3. The average Bonchev–Trinajstić information content (AvgIpc) is 3.35. The van der Waals surface area contributed by atoms with Crippen LogP contribution in [-0.2, 0) is 6.54 Å². The number of nitrogens with zero attached hydrogens (tertiary/aromatic N) is 5. The highest BCUT2D eigenvalue weighted by atomic mass is 19.1. The van der Waals surface area contributed by atoms with Crippen LogP contribution in [0.2, 0.25) is 0 Å². The highest BCUT2D eigenvalue weighted by Crippen LogP contribution is 2.38. The zero-order valence-electron chi connectivity index (χ0n) is 21.1. The zero-order valence-corrected chi connectivity index (χ0v) is 21.1. The van der Waals surface area contributed by atoms with Gasteiger partial charge in [0.15, 0.2) is 0 Å². The molecule has 5 rings (SSSR count). The lowest BCUT2D eigenvalue weighted by Crippen LogP contribution is -2.34. The Balaban J connectivity index is 1.63. The van der Waals surface area contributed by atoms with Gasteiger partial charge in [0.2, 0.25) is 0 Å². The fourth-order valence-corrected chi connectivity index (χ4v) is 5.24. The molecule has 2 aromatic heterocycles. The van der Waals surface area contributed by atoms with E-state index in [9.17, 15) is 9.65 Å². The van der Waals surface area contributed by atoms with Crippen molar-refractivity contribution in [3.63, 3.8) is 0 Å². The van der Waals surface area contributed by atoms with E-state index in [1.807, 2.05) is 43.8 Å². The molecular weight excluding hydrogens is 465 g/mol. The molecule has 188 valence electrons. The normalized spacial score (nSPS) is 14.5. The Morgan fingerprint density at radius 3 is 2.62 bits per heavy atom. The van der Waals surface area contributed by atoms with Crippen LogP contribution in [0.3, 0.4) is 0 Å². The summed E-state index contributed by atoms with van der Waals surface area (Å²) in [6.45, 7) is 6.39. The molecule has 0 amide bonds. The molecule has 1 aliphatic heterocycles. The zero-order chi connectivity index (χ0) is 25.9. The van der Waals surface area contributed by atoms with Crippen LogP contribution in [0.4, 0.5) is 10.1 Å². The Kier molecular flexibility index (Phi) is 6.97. The summed E-state index contributed by atoms with van der Waals surface area (Å²) in [5.41, 5.74) is 6.00. The van der Waals surface area contributed by atoms with Crippen molar-refractivity contribution in [1.29, 1.82) is 10.7 Å². The topological polar surface area (TPSA) is 93.6 Å². The number of halogens is 1. The van der Waals surface area contributed by atoms with E-state index in [-0.39, 0.29) is 5.56 Å². The number of pyridine rings is 1. The first-order valence-electron chi connectivity index (χ1n) is 12.6. The van der Waals surface area contributed by atoms with Crippen LogP contribution >= 0.6 is 0 Å². The number of fused-ring (bicyclic) bond motifs is 1. The Labute approximate surface area is 216 Å². The molecule has 3 heterocycles. The molecule has 0 radical (unpaired) electrons. The molecule has 1 saturated heterocycles. The van der Waals surface area contributed by atoms with E-state index in [2.05, 4.69) is 21.7 Å². The predicted molar refractivity (Wildman–Crippen MR) is 145 cm³/mol. The molecular formula is C29H30FN7. The molecule has 0 unspecified atom stereocenters. The largest absolute Gasteiger partial charge is 0.388 e. The molecule has 0 spiro atoms. The summed E-state index contributed by atoms with van der Waals surface area (Å²) in [6.07, 6.45) is 7.30. The van der Waals surface area contributed by atoms with Gasteiger partial charge in [0.1, 0.15) is 17.4 Å². The maximum Gasteiger partial charge on any atom is 0.141 e. The van der Waals surface area contributed by atoms with Crippen molar-refractivity contribution in [2.24, 2.45) is 5.92 Å². The van der Waals surface area contributed by atoms with Gasteiger partial charge in [0.05, 0.1) is 29.3 Å². The molecule has 2 aromatic carbocycles. The first-order valence-corrected chi connectivity index (χ1v) is 12.6. The van der Waals surface area contributed by atoms with Crippen molar-refractivity contribution in [3.05, 3.63) is 65.9 Å². The molecule has 1 aliphatic rings. The lowest BCUT2D eigenvalue weighted by atomic mass is 9.95. The summed E-state index contributed by atoms with van der Waals surface area (Å²) in [6, 6.07) is 12.3. The van der Waals surface area contributed by atoms with Crippen LogP contribution in [-0.4, -0.2) is 52.3 Å². The second kappa shape index (κ2) is 10.5. The first kappa shape index (κ1) is 24.6. The number of nitrogens with one attached hydrogen (secondary N) is 2. The van der Waals surface area contributed by atoms with Crippen LogP contribution in [0.5, 0.6) is 0 Å². The number of hydrogen-bond acceptors (Lipinski definition) is 6. The SMILES string of the molecule is CCN1CCC(Cn2cnc3c(-c4ccc(C#N)c(F)c4)c(-c4ccc(NC)c(C=N)c4)ncc32)CC1. The third-order valence-corrected chi connectivity index (χ3v) is 7.41. The van der Waals surface area contributed by atoms with Gasteiger partial charge in [-0.25, -0.2) is 9.37 Å². The molecule has 4 aromatic rings. The van der Waals surface area contributed by atoms with E-state index in [1.165, 1.54) is 18.3 Å². The van der Waals surface area contributed by atoms with Gasteiger partial charge in [-0.15, -0.1) is 0 Å². The summed E-state index contributed by atoms with van der Waals surface area (Å²) in [7, 11) is 1.82. The lowest BCUT2D eigenvalue weighted by Gasteiger charge is -2.31. The highest BCUT2D eigenvalue weighted by Gasteiger charge is 2.22. The highest BCUT2D eigenvalue weighted by molar-refractivity contribution is 6.00. The summed E-state index contributed by atoms with van der Waals surface area (Å²) in [5, 5.41) is 20.2. The number of benzene rings is 2. The molecule has 0 bridgehead atoms. The van der Waals surface area contributed by atoms with Crippen molar-refractivity contribution in [2.45, 2.75) is 26.3 Å². The van der Waals surface area contributed by atoms with Gasteiger partial charge in [-0.1, -0.05) is 19.1 Å². The van der Waals surface area contributed by atoms with Crippen molar-refractivity contribution >= 4 is 22.9 Å². The second-order valence-electron chi connectivity index (χ2n) is 9.49. The maximum atomic E-state index is 14.8. The Bertz CT molecular complexity index is 1490. The van der Waals surface area contributed by atoms with Crippen molar-refractivity contribution in [3.8, 4) is 28.5 Å². The first-order chi connectivity index (χ1) is 18.1. The minimum atomic E-state index is -0.573. The van der Waals surface area contributed by atoms with E-state index in [0.717, 1.165) is 66.9 Å². The van der Waals surface area contributed by atoms with Crippen LogP contribution in [0.25, 0.3) is 33.4 Å². The fraction of sp³-hybridized carbons (Fsp3) is 0.310. The number of piperidine rings is 1. The maximum absolute atomic E-state index is 14.8. The van der Waals surface area contributed by atoms with E-state index < -0.39 is 5.82 Å². The second-order valence-corrected chi connectivity index (χ2v) is 9.49. The van der Waals surface area contributed by atoms with Gasteiger partial charge in [0.25, 0.3) is 0 Å². The van der Waals surface area contributed by atoms with Gasteiger partial charge in [-0.2, -0.15) is 5.26 Å². The molecule has 37 heavy (non-hydrogen) atoms. The molecule has 7 nitrogen and oxygen atoms in total. The Morgan fingerprint density at radius 1 is 1.16 bits per heavy atom. The van der Waals surface area contributed by atoms with E-state index >= 15 is 0 Å². The van der Waals surface area contributed by atoms with Crippen molar-refractivity contribution in [2.75, 3.05) is 32.0 Å². The average molecular weight is 496 g/mol. The van der Waals surface area contributed by atoms with Crippen LogP contribution < -0.4 is 5.32 Å². The quantitative estimate of drug-likeness (QED) is 0.328. The molecule has 1 fully saturated rings. The summed E-state index contributed by atoms with van der Waals surface area (Å²) < 4.78 is 16.9. The molecule has 0 aliphatic carbocycles. The van der Waals surface area contributed by atoms with E-state index in [4.69, 9.17) is 15.4 Å². The minimum absolute atomic E-state index is 0.00106. The molecule has 2 N–H and O–H groups in total. The number of nitriles is 1. The molecule has 8 heteroatoms.